The van der Waals surface area contributed by atoms with E-state index in [1.165, 1.54) is 36.8 Å². The first-order valence-corrected chi connectivity index (χ1v) is 7.99. The molecule has 1 aliphatic rings. The van der Waals surface area contributed by atoms with Crippen LogP contribution in [0.25, 0.3) is 0 Å². The summed E-state index contributed by atoms with van der Waals surface area (Å²) in [6.07, 6.45) is 4.97. The number of benzene rings is 2. The van der Waals surface area contributed by atoms with Crippen molar-refractivity contribution >= 4 is 23.2 Å². The van der Waals surface area contributed by atoms with Crippen molar-refractivity contribution in [3.05, 3.63) is 69.2 Å². The molecule has 0 bridgehead atoms. The van der Waals surface area contributed by atoms with Gasteiger partial charge in [-0.3, -0.25) is 0 Å². The largest absolute Gasteiger partial charge is 0.113 e. The first-order valence-electron chi connectivity index (χ1n) is 7.17. The molecule has 0 aromatic heterocycles. The molecule has 20 heavy (non-hydrogen) atoms. The third-order valence-electron chi connectivity index (χ3n) is 4.16. The maximum Gasteiger partial charge on any atom is 0.0850 e. The molecule has 3 rings (SSSR count). The lowest BCUT2D eigenvalue weighted by Gasteiger charge is -2.19. The predicted octanol–water partition coefficient (Wildman–Crippen LogP) is 5.86. The van der Waals surface area contributed by atoms with Crippen molar-refractivity contribution in [3.8, 4) is 0 Å². The minimum absolute atomic E-state index is 0.172. The van der Waals surface area contributed by atoms with Crippen molar-refractivity contribution in [2.45, 2.75) is 38.0 Å². The number of aryl methyl sites for hydroxylation is 3. The maximum absolute atomic E-state index is 6.67. The molecule has 0 spiro atoms. The molecule has 104 valence electrons. The Balaban J connectivity index is 1.98. The monoisotopic (exact) mass is 304 g/mol. The fourth-order valence-electron chi connectivity index (χ4n) is 2.96. The molecule has 1 atom stereocenters. The van der Waals surface area contributed by atoms with Gasteiger partial charge in [-0.05, 0) is 60.4 Å². The van der Waals surface area contributed by atoms with Crippen LogP contribution in [0.4, 0.5) is 0 Å². The molecule has 0 amide bonds. The smallest absolute Gasteiger partial charge is 0.0850 e. The second-order valence-corrected chi connectivity index (χ2v) is 6.39. The van der Waals surface area contributed by atoms with Crippen LogP contribution in [0.15, 0.2) is 36.4 Å². The van der Waals surface area contributed by atoms with E-state index in [0.29, 0.717) is 0 Å². The van der Waals surface area contributed by atoms with E-state index in [0.717, 1.165) is 21.7 Å². The highest BCUT2D eigenvalue weighted by Crippen LogP contribution is 2.36. The summed E-state index contributed by atoms with van der Waals surface area (Å²) in [5.41, 5.74) is 6.18. The van der Waals surface area contributed by atoms with Crippen molar-refractivity contribution in [3.63, 3.8) is 0 Å². The maximum atomic E-state index is 6.67. The Hall–Kier alpha value is -0.980. The van der Waals surface area contributed by atoms with Crippen molar-refractivity contribution in [1.29, 1.82) is 0 Å². The van der Waals surface area contributed by atoms with Gasteiger partial charge in [0, 0.05) is 5.02 Å². The van der Waals surface area contributed by atoms with E-state index >= 15 is 0 Å². The van der Waals surface area contributed by atoms with Crippen molar-refractivity contribution in [1.82, 2.24) is 0 Å². The lowest BCUT2D eigenvalue weighted by atomic mass is 9.89. The first kappa shape index (κ1) is 14.0. The van der Waals surface area contributed by atoms with E-state index in [1.54, 1.807) is 0 Å². The van der Waals surface area contributed by atoms with E-state index in [1.807, 2.05) is 25.1 Å². The van der Waals surface area contributed by atoms with Crippen LogP contribution in [-0.4, -0.2) is 0 Å². The molecule has 0 saturated carbocycles. The zero-order valence-corrected chi connectivity index (χ0v) is 13.1. The molecular weight excluding hydrogens is 287 g/mol. The zero-order chi connectivity index (χ0) is 14.1. The van der Waals surface area contributed by atoms with Crippen LogP contribution in [0.5, 0.6) is 0 Å². The Morgan fingerprint density at radius 3 is 2.55 bits per heavy atom. The Bertz CT molecular complexity index is 631. The normalized spacial score (nSPS) is 15.8. The molecule has 2 heteroatoms. The van der Waals surface area contributed by atoms with Crippen LogP contribution in [-0.2, 0) is 12.8 Å². The fourth-order valence-corrected chi connectivity index (χ4v) is 3.56. The van der Waals surface area contributed by atoms with Crippen LogP contribution < -0.4 is 0 Å². The number of halogens is 2. The average molecular weight is 305 g/mol. The molecule has 2 aromatic carbocycles. The minimum atomic E-state index is -0.172. The summed E-state index contributed by atoms with van der Waals surface area (Å²) in [5, 5.41) is 0.611. The number of rotatable bonds is 2. The standard InChI is InChI=1S/C18H18Cl2/c1-12-5-4-8-16(17(12)19)18(20)15-10-9-13-6-2-3-7-14(13)11-15/h4-5,8-11,18H,2-3,6-7H2,1H3. The van der Waals surface area contributed by atoms with Gasteiger partial charge in [0.2, 0.25) is 0 Å². The van der Waals surface area contributed by atoms with Gasteiger partial charge in [0.15, 0.2) is 0 Å². The predicted molar refractivity (Wildman–Crippen MR) is 87.0 cm³/mol. The van der Waals surface area contributed by atoms with Crippen molar-refractivity contribution < 1.29 is 0 Å². The van der Waals surface area contributed by atoms with Gasteiger partial charge in [-0.2, -0.15) is 0 Å². The topological polar surface area (TPSA) is 0 Å². The summed E-state index contributed by atoms with van der Waals surface area (Å²) in [5.74, 6) is 0. The summed E-state index contributed by atoms with van der Waals surface area (Å²) in [7, 11) is 0. The zero-order valence-electron chi connectivity index (χ0n) is 11.6. The highest BCUT2D eigenvalue weighted by Gasteiger charge is 2.17. The number of hydrogen-bond donors (Lipinski definition) is 0. The average Bonchev–Trinajstić information content (AvgIpc) is 2.49. The lowest BCUT2D eigenvalue weighted by Crippen LogP contribution is -2.04. The first-order chi connectivity index (χ1) is 9.66. The minimum Gasteiger partial charge on any atom is -0.113 e. The summed E-state index contributed by atoms with van der Waals surface area (Å²) in [6, 6.07) is 12.7. The van der Waals surface area contributed by atoms with Crippen LogP contribution in [0.1, 0.15) is 46.0 Å². The van der Waals surface area contributed by atoms with Crippen LogP contribution in [0, 0.1) is 6.92 Å². The molecule has 2 aromatic rings. The van der Waals surface area contributed by atoms with Gasteiger partial charge in [-0.25, -0.2) is 0 Å². The Morgan fingerprint density at radius 2 is 1.75 bits per heavy atom. The molecule has 0 N–H and O–H groups in total. The Labute approximate surface area is 130 Å². The van der Waals surface area contributed by atoms with Crippen molar-refractivity contribution in [2.24, 2.45) is 0 Å². The third kappa shape index (κ3) is 2.60. The Kier molecular flexibility index (Phi) is 4.05. The number of fused-ring (bicyclic) bond motifs is 1. The molecule has 1 aliphatic carbocycles. The summed E-state index contributed by atoms with van der Waals surface area (Å²) in [4.78, 5) is 0. The second-order valence-electron chi connectivity index (χ2n) is 5.58. The third-order valence-corrected chi connectivity index (χ3v) is 5.16. The van der Waals surface area contributed by atoms with E-state index in [-0.39, 0.29) is 5.38 Å². The molecule has 0 aliphatic heterocycles. The summed E-state index contributed by atoms with van der Waals surface area (Å²) < 4.78 is 0. The Morgan fingerprint density at radius 1 is 1.00 bits per heavy atom. The van der Waals surface area contributed by atoms with E-state index in [2.05, 4.69) is 18.2 Å². The van der Waals surface area contributed by atoms with E-state index < -0.39 is 0 Å². The van der Waals surface area contributed by atoms with Gasteiger partial charge in [0.1, 0.15) is 0 Å². The van der Waals surface area contributed by atoms with Crippen LogP contribution in [0.2, 0.25) is 5.02 Å². The number of alkyl halides is 1. The van der Waals surface area contributed by atoms with Gasteiger partial charge in [0.05, 0.1) is 5.38 Å². The molecule has 1 unspecified atom stereocenters. The number of hydrogen-bond acceptors (Lipinski definition) is 0. The molecule has 0 nitrogen and oxygen atoms in total. The second kappa shape index (κ2) is 5.79. The van der Waals surface area contributed by atoms with Crippen LogP contribution in [0.3, 0.4) is 0 Å². The summed E-state index contributed by atoms with van der Waals surface area (Å²) in [6.45, 7) is 2.02. The fraction of sp³-hybridized carbons (Fsp3) is 0.333. The van der Waals surface area contributed by atoms with Gasteiger partial charge in [-0.1, -0.05) is 48.0 Å². The highest BCUT2D eigenvalue weighted by molar-refractivity contribution is 6.33. The van der Waals surface area contributed by atoms with Crippen molar-refractivity contribution in [2.75, 3.05) is 0 Å². The molecule has 0 radical (unpaired) electrons. The quantitative estimate of drug-likeness (QED) is 0.610. The van der Waals surface area contributed by atoms with Gasteiger partial charge < -0.3 is 0 Å². The molecule has 0 heterocycles. The van der Waals surface area contributed by atoms with E-state index in [4.69, 9.17) is 23.2 Å². The summed E-state index contributed by atoms with van der Waals surface area (Å²) >= 11 is 13.1. The molecular formula is C18H18Cl2. The lowest BCUT2D eigenvalue weighted by molar-refractivity contribution is 0.684. The molecule has 0 saturated heterocycles. The molecule has 0 fully saturated rings. The van der Waals surface area contributed by atoms with Gasteiger partial charge in [0.25, 0.3) is 0 Å². The van der Waals surface area contributed by atoms with E-state index in [9.17, 15) is 0 Å². The van der Waals surface area contributed by atoms with Crippen LogP contribution >= 0.6 is 23.2 Å². The van der Waals surface area contributed by atoms with Gasteiger partial charge in [-0.15, -0.1) is 11.6 Å². The highest BCUT2D eigenvalue weighted by atomic mass is 35.5. The van der Waals surface area contributed by atoms with Gasteiger partial charge >= 0.3 is 0 Å². The SMILES string of the molecule is Cc1cccc(C(Cl)c2ccc3c(c2)CCCC3)c1Cl.